The summed E-state index contributed by atoms with van der Waals surface area (Å²) in [5.41, 5.74) is 26.7. The molecule has 0 spiro atoms. The van der Waals surface area contributed by atoms with Crippen LogP contribution in [-0.4, -0.2) is 91.4 Å². The number of alkyl halides is 7. The van der Waals surface area contributed by atoms with Crippen LogP contribution in [0.3, 0.4) is 0 Å². The summed E-state index contributed by atoms with van der Waals surface area (Å²) < 4.78 is 50.1. The average molecular weight is 2150 g/mol. The number of amides is 1. The molecule has 768 valence electrons. The van der Waals surface area contributed by atoms with E-state index < -0.39 is 64.5 Å². The van der Waals surface area contributed by atoms with Gasteiger partial charge in [-0.25, -0.2) is 0 Å². The number of benzene rings is 7. The Morgan fingerprint density at radius 2 is 0.888 bits per heavy atom. The summed E-state index contributed by atoms with van der Waals surface area (Å²) >= 11 is 20.0. The Bertz CT molecular complexity index is 5250. The number of rotatable bonds is 17. The first kappa shape index (κ1) is 121. The van der Waals surface area contributed by atoms with Crippen LogP contribution < -0.4 is 24.2 Å². The first-order chi connectivity index (χ1) is 66.7. The van der Waals surface area contributed by atoms with E-state index in [0.717, 1.165) is 144 Å². The number of Topliss-reactive ketones (excluding diaryl/α,β-unsaturated/α-hetero) is 3. The Hall–Kier alpha value is -6.74. The number of hydrogen-bond donors (Lipinski definition) is 3. The number of nitrogens with one attached hydrogen (secondary N) is 1. The minimum atomic E-state index is -5.00. The summed E-state index contributed by atoms with van der Waals surface area (Å²) in [6.07, 6.45) is 17.7. The number of halogens is 11. The van der Waals surface area contributed by atoms with Gasteiger partial charge in [-0.1, -0.05) is 299 Å². The molecule has 18 nitrogen and oxygen atoms in total. The van der Waals surface area contributed by atoms with E-state index in [1.54, 1.807) is 42.5 Å². The van der Waals surface area contributed by atoms with Crippen LogP contribution in [0.2, 0.25) is 0 Å². The molecule has 15 aliphatic rings. The van der Waals surface area contributed by atoms with Gasteiger partial charge in [0.15, 0.2) is 0 Å². The number of azide groups is 2. The fourth-order valence-corrected chi connectivity index (χ4v) is 26.7. The first-order valence-corrected chi connectivity index (χ1v) is 59.1. The van der Waals surface area contributed by atoms with Crippen LogP contribution in [0.5, 0.6) is 0 Å². The number of fused-ring (bicyclic) bond motifs is 6. The van der Waals surface area contributed by atoms with Gasteiger partial charge in [-0.2, -0.15) is 13.2 Å². The zero-order valence-corrected chi connectivity index (χ0v) is 88.3. The SMILES string of the molecule is C.C.C1CCOC1.C=C1CC2CC(=O)C[C@H](C1)C2.C=C1CC2C[C@@H](C1)CC(=O)[C@H]2[C@@H](N=[N+]=[N-])c1ccccc1.C=C1CC2C[C@@H](C1)CC(=O)[C@H]2[C@H](O)c1ccccc1.CC(=O)O[C@@]12C[C@H]3CC(C[C@@](Cl)(C3)C1)[C@@H]2[C@@H](NC(=O)C(F)(F)F)c1ccccc1.C[C@H]([N-][C@@H](C)c1ccccc1)c1ccccc1.ClCCl.O=Cc1ccccc1.[Cl][Ti]([Cl])([Cl])[Cl].[Li+].[N-]=[N+]=N[C@@H](c1ccccc1)[C@H]1C2C[C@H]3C[C@](Cl)(C2)C[C@@]1(O)C3. The number of aliphatic hydroxyl groups is 2. The van der Waals surface area contributed by atoms with Gasteiger partial charge in [0, 0.05) is 95.1 Å². The van der Waals surface area contributed by atoms with Gasteiger partial charge >= 0.3 is 86.5 Å². The van der Waals surface area contributed by atoms with Crippen LogP contribution >= 0.6 is 83.6 Å². The molecular formula is C112H138Cl8F3LiN8O10Ti. The maximum Gasteiger partial charge on any atom is 1.00 e. The summed E-state index contributed by atoms with van der Waals surface area (Å²) in [7, 11) is 20.1. The van der Waals surface area contributed by atoms with E-state index in [1.807, 2.05) is 121 Å². The number of aldehydes is 1. The molecule has 3 N–H and O–H groups in total. The maximum absolute atomic E-state index is 13.1. The molecule has 5 unspecified atom stereocenters. The van der Waals surface area contributed by atoms with Crippen LogP contribution in [0.15, 0.2) is 259 Å². The largest absolute Gasteiger partial charge is 1.00 e. The van der Waals surface area contributed by atoms with Crippen molar-refractivity contribution in [2.24, 2.45) is 93.1 Å². The number of ether oxygens (including phenoxy) is 2. The van der Waals surface area contributed by atoms with Crippen molar-refractivity contribution in [1.82, 2.24) is 5.32 Å². The molecule has 7 aromatic rings. The molecule has 0 aromatic heterocycles. The monoisotopic (exact) mass is 2150 g/mol. The van der Waals surface area contributed by atoms with Gasteiger partial charge in [-0.05, 0) is 221 Å². The summed E-state index contributed by atoms with van der Waals surface area (Å²) in [6, 6.07) is 66.5. The number of esters is 1. The molecule has 22 rings (SSSR count). The van der Waals surface area contributed by atoms with Crippen LogP contribution in [0, 0.1) is 82.9 Å². The molecule has 1 heterocycles. The number of aliphatic hydroxyl groups excluding tert-OH is 1. The Labute approximate surface area is 894 Å². The van der Waals surface area contributed by atoms with Crippen LogP contribution in [0.25, 0.3) is 26.2 Å². The number of hydrogen-bond acceptors (Lipinski definition) is 12. The summed E-state index contributed by atoms with van der Waals surface area (Å²) in [5, 5.41) is 37.2. The Morgan fingerprint density at radius 1 is 0.524 bits per heavy atom. The van der Waals surface area contributed by atoms with Crippen molar-refractivity contribution >= 4 is 119 Å². The van der Waals surface area contributed by atoms with Crippen molar-refractivity contribution in [1.29, 1.82) is 0 Å². The third-order valence-corrected chi connectivity index (χ3v) is 30.6. The van der Waals surface area contributed by atoms with Crippen molar-refractivity contribution in [3.63, 3.8) is 0 Å². The van der Waals surface area contributed by atoms with Gasteiger partial charge in [0.25, 0.3) is 0 Å². The maximum atomic E-state index is 13.1. The summed E-state index contributed by atoms with van der Waals surface area (Å²) in [5.74, 6) is 1.47. The standard InChI is InChI=1S/C21H23ClF3NO3.C17H20ClN3O.C17H19N3O.C17H20O2.C16H18N.C10H14O.C7H6O.C4H8O.CH2Cl2.2CH4.4ClH.Li.Ti/c1-12(27)29-20-9-13-7-15(10-19(22,8-13)11-20)16(20)17(14-5-3-2-4-6-14)26-18(28)21(23,24)25;18-16-7-11-6-13(9-16)14(17(22,8-11)10-16)15(20-21-19)12-4-2-1-3-5-12;1-11-7-12-9-14(8-11)16(15(21)10-12)17(19-20-18)13-5-3-2-4-6-13;1-11-7-12-9-14(8-11)16(15(18)10-12)17(19)13-5-3-2-4-6-13;1-13(15-9-5-3-6-10-15)17-14(2)16-11-7-4-8-12-16;1-7-2-8-4-9(3-7)6-10(11)5-8;8-6-7-4-2-1-3-5-7;1-2-4-5-3-1;2-1-3;;;;;;;;/h2-6,13,15-17H,7-11H2,1H3,(H,26,28);1-5,11,13-15,22H,6-10H2;2-6,12,14,16-17H,1,7-10H2;2-6,12,14,16-17,19H,1,7-10H2;3-14H,1-2H3;8-9H,1-6H2;1-6H;1-4H2;1H2;2*1H4;4*1H;;/q;;;;-1;;;;;;;;;;;+1;+4/p-4/t13-,15?,16+,17-,19-,20-;11-,13?,14+,15-,16-,17-;12-,14?,16+,17+;12-,14?,16+,17-;13-,14-;8-,9?;;;;;;;;;;;/m001101.........../s1. The van der Waals surface area contributed by atoms with Crippen molar-refractivity contribution in [2.45, 2.75) is 260 Å². The van der Waals surface area contributed by atoms with E-state index in [-0.39, 0.29) is 121 Å². The van der Waals surface area contributed by atoms with E-state index in [0.29, 0.717) is 85.4 Å². The Kier molecular flexibility index (Phi) is 48.7. The third kappa shape index (κ3) is 35.7. The second kappa shape index (κ2) is 57.3. The molecule has 14 bridgehead atoms. The van der Waals surface area contributed by atoms with Crippen molar-refractivity contribution in [3.05, 3.63) is 314 Å². The second-order valence-corrected chi connectivity index (χ2v) is 58.3. The van der Waals surface area contributed by atoms with Gasteiger partial charge in [0.1, 0.15) is 29.2 Å². The molecular weight excluding hydrogens is 2010 g/mol. The molecule has 15 fully saturated rings. The molecule has 31 heteroatoms. The molecule has 1 saturated heterocycles. The van der Waals surface area contributed by atoms with Crippen LogP contribution in [0.1, 0.15) is 276 Å². The summed E-state index contributed by atoms with van der Waals surface area (Å²) in [4.78, 5) is 75.3. The third-order valence-electron chi connectivity index (χ3n) is 29.7. The van der Waals surface area contributed by atoms with E-state index in [1.165, 1.54) is 54.0 Å². The average Bonchev–Trinajstić information content (AvgIpc) is 1.36. The Balaban J connectivity index is 0.000000203. The quantitative estimate of drug-likeness (QED) is 0.0113. The van der Waals surface area contributed by atoms with E-state index >= 15 is 0 Å². The molecule has 143 heavy (non-hydrogen) atoms. The summed E-state index contributed by atoms with van der Waals surface area (Å²) in [6.45, 7) is 19.8. The van der Waals surface area contributed by atoms with Crippen molar-refractivity contribution in [2.75, 3.05) is 18.6 Å². The molecule has 14 aliphatic carbocycles. The van der Waals surface area contributed by atoms with Gasteiger partial charge in [0.2, 0.25) is 0 Å². The van der Waals surface area contributed by atoms with Crippen molar-refractivity contribution < 1.29 is 92.8 Å². The number of carbonyl (C=O) groups is 6. The molecule has 14 saturated carbocycles. The molecule has 1 amide bonds. The smallest absolute Gasteiger partial charge is 0.389 e. The van der Waals surface area contributed by atoms with Gasteiger partial charge in [-0.3, -0.25) is 28.8 Å². The van der Waals surface area contributed by atoms with E-state index in [4.69, 9.17) is 109 Å². The normalized spacial score (nSPS) is 29.2. The van der Waals surface area contributed by atoms with E-state index in [2.05, 4.69) is 107 Å². The first-order valence-electron chi connectivity index (χ1n) is 48.7. The molecule has 1 aliphatic heterocycles. The predicted octanol–water partition coefficient (Wildman–Crippen LogP) is 28.9. The second-order valence-electron chi connectivity index (χ2n) is 40.5. The minimum absolute atomic E-state index is 0. The fraction of sp³-hybridized carbons (Fsp3) is 0.518. The number of allylic oxidation sites excluding steroid dienone is 3. The zero-order chi connectivity index (χ0) is 101. The molecule has 7 aromatic carbocycles. The fourth-order valence-electron chi connectivity index (χ4n) is 25.5. The number of nitrogens with zero attached hydrogens (tertiary/aromatic N) is 7. The van der Waals surface area contributed by atoms with Gasteiger partial charge < -0.3 is 30.3 Å². The van der Waals surface area contributed by atoms with Gasteiger partial charge in [0.05, 0.1) is 41.1 Å². The number of carbonyl (C=O) groups excluding carboxylic acids is 6. The van der Waals surface area contributed by atoms with Crippen molar-refractivity contribution in [3.8, 4) is 0 Å². The van der Waals surface area contributed by atoms with Crippen LogP contribution in [-0.2, 0) is 45.8 Å². The molecule has 24 atom stereocenters. The van der Waals surface area contributed by atoms with Crippen LogP contribution in [0.4, 0.5) is 13.2 Å². The minimum Gasteiger partial charge on any atom is -0.389 e. The van der Waals surface area contributed by atoms with E-state index in [9.17, 15) is 52.2 Å². The Morgan fingerprint density at radius 3 is 1.28 bits per heavy atom. The zero-order valence-electron chi connectivity index (χ0n) is 80.7. The molecule has 0 radical (unpaired) electrons. The number of ketones is 3. The predicted molar refractivity (Wildman–Crippen MR) is 564 cm³/mol. The van der Waals surface area contributed by atoms with Gasteiger partial charge in [-0.15, -0.1) is 58.5 Å². The topological polar surface area (TPSA) is 285 Å².